The van der Waals surface area contributed by atoms with E-state index in [9.17, 15) is 33.4 Å². The van der Waals surface area contributed by atoms with Crippen LogP contribution >= 0.6 is 11.3 Å². The SMILES string of the molecule is Cn1ccc(O)c(NC(=O)N[C@@H](CC(=O)O)c2cc(-c3ccc(F)cc3F)cs2)c1=O. The molecule has 2 aromatic heterocycles. The Morgan fingerprint density at radius 2 is 1.97 bits per heavy atom. The van der Waals surface area contributed by atoms with Gasteiger partial charge in [0.05, 0.1) is 12.5 Å². The van der Waals surface area contributed by atoms with Crippen molar-refractivity contribution in [2.75, 3.05) is 5.32 Å². The molecule has 2 heterocycles. The summed E-state index contributed by atoms with van der Waals surface area (Å²) in [5.74, 6) is -3.15. The maximum atomic E-state index is 14.1. The summed E-state index contributed by atoms with van der Waals surface area (Å²) in [6, 6.07) is 3.89. The average Bonchev–Trinajstić information content (AvgIpc) is 3.17. The largest absolute Gasteiger partial charge is 0.505 e. The van der Waals surface area contributed by atoms with E-state index in [1.165, 1.54) is 31.4 Å². The number of urea groups is 1. The second-order valence-electron chi connectivity index (χ2n) is 6.60. The maximum absolute atomic E-state index is 14.1. The van der Waals surface area contributed by atoms with Gasteiger partial charge in [0.2, 0.25) is 0 Å². The molecule has 1 aromatic carbocycles. The van der Waals surface area contributed by atoms with Crippen molar-refractivity contribution in [3.63, 3.8) is 0 Å². The number of hydrogen-bond donors (Lipinski definition) is 4. The zero-order chi connectivity index (χ0) is 22.7. The number of carboxylic acid groups (broad SMARTS) is 1. The fraction of sp³-hybridized carbons (Fsp3) is 0.150. The third-order valence-corrected chi connectivity index (χ3v) is 5.42. The zero-order valence-corrected chi connectivity index (χ0v) is 16.9. The first-order chi connectivity index (χ1) is 14.7. The normalized spacial score (nSPS) is 11.7. The number of nitrogens with zero attached hydrogens (tertiary/aromatic N) is 1. The molecular weight excluding hydrogens is 432 g/mol. The second-order valence-corrected chi connectivity index (χ2v) is 7.55. The number of thiophene rings is 1. The number of nitrogens with one attached hydrogen (secondary N) is 2. The number of aromatic hydroxyl groups is 1. The van der Waals surface area contributed by atoms with Crippen molar-refractivity contribution in [3.05, 3.63) is 68.8 Å². The predicted molar refractivity (Wildman–Crippen MR) is 110 cm³/mol. The molecular formula is C20H17F2N3O5S. The highest BCUT2D eigenvalue weighted by atomic mass is 32.1. The zero-order valence-electron chi connectivity index (χ0n) is 16.1. The highest BCUT2D eigenvalue weighted by Gasteiger charge is 2.22. The van der Waals surface area contributed by atoms with Crippen LogP contribution in [0.25, 0.3) is 11.1 Å². The van der Waals surface area contributed by atoms with E-state index in [4.69, 9.17) is 0 Å². The lowest BCUT2D eigenvalue weighted by Crippen LogP contribution is -2.35. The molecule has 0 aliphatic carbocycles. The van der Waals surface area contributed by atoms with Gasteiger partial charge < -0.3 is 25.4 Å². The molecule has 0 radical (unpaired) electrons. The van der Waals surface area contributed by atoms with Gasteiger partial charge in [-0.25, -0.2) is 13.6 Å². The molecule has 2 amide bonds. The Bertz CT molecular complexity index is 1210. The molecule has 31 heavy (non-hydrogen) atoms. The summed E-state index contributed by atoms with van der Waals surface area (Å²) >= 11 is 1.08. The van der Waals surface area contributed by atoms with Crippen LogP contribution < -0.4 is 16.2 Å². The molecule has 11 heteroatoms. The monoisotopic (exact) mass is 449 g/mol. The third kappa shape index (κ3) is 5.07. The summed E-state index contributed by atoms with van der Waals surface area (Å²) in [4.78, 5) is 36.2. The molecule has 0 saturated heterocycles. The van der Waals surface area contributed by atoms with Crippen LogP contribution in [-0.2, 0) is 11.8 Å². The maximum Gasteiger partial charge on any atom is 0.320 e. The number of anilines is 1. The fourth-order valence-electron chi connectivity index (χ4n) is 2.84. The summed E-state index contributed by atoms with van der Waals surface area (Å²) in [5, 5.41) is 25.3. The number of amides is 2. The van der Waals surface area contributed by atoms with Crippen molar-refractivity contribution >= 4 is 29.0 Å². The minimum atomic E-state index is -1.20. The Morgan fingerprint density at radius 1 is 1.23 bits per heavy atom. The van der Waals surface area contributed by atoms with Crippen LogP contribution in [0.15, 0.2) is 46.7 Å². The van der Waals surface area contributed by atoms with Crippen molar-refractivity contribution in [3.8, 4) is 16.9 Å². The lowest BCUT2D eigenvalue weighted by molar-refractivity contribution is -0.137. The quantitative estimate of drug-likeness (QED) is 0.460. The van der Waals surface area contributed by atoms with Crippen molar-refractivity contribution in [1.29, 1.82) is 0 Å². The van der Waals surface area contributed by atoms with E-state index in [-0.39, 0.29) is 11.3 Å². The lowest BCUT2D eigenvalue weighted by Gasteiger charge is -2.16. The van der Waals surface area contributed by atoms with E-state index in [1.54, 1.807) is 5.38 Å². The predicted octanol–water partition coefficient (Wildman–Crippen LogP) is 3.44. The third-order valence-electron chi connectivity index (χ3n) is 4.37. The van der Waals surface area contributed by atoms with E-state index < -0.39 is 47.4 Å². The van der Waals surface area contributed by atoms with E-state index in [2.05, 4.69) is 10.6 Å². The van der Waals surface area contributed by atoms with Crippen molar-refractivity contribution < 1.29 is 28.6 Å². The molecule has 0 saturated carbocycles. The number of aliphatic carboxylic acids is 1. The Labute approximate surface area is 178 Å². The van der Waals surface area contributed by atoms with Gasteiger partial charge in [0.15, 0.2) is 5.69 Å². The van der Waals surface area contributed by atoms with Gasteiger partial charge >= 0.3 is 12.0 Å². The average molecular weight is 449 g/mol. The number of aromatic nitrogens is 1. The Kier molecular flexibility index (Phi) is 6.35. The van der Waals surface area contributed by atoms with Crippen LogP contribution in [-0.4, -0.2) is 26.8 Å². The molecule has 0 fully saturated rings. The van der Waals surface area contributed by atoms with Gasteiger partial charge in [-0.15, -0.1) is 11.3 Å². The molecule has 3 aromatic rings. The summed E-state index contributed by atoms with van der Waals surface area (Å²) in [6.45, 7) is 0. The van der Waals surface area contributed by atoms with Gasteiger partial charge in [-0.2, -0.15) is 0 Å². The highest BCUT2D eigenvalue weighted by Crippen LogP contribution is 2.32. The minimum absolute atomic E-state index is 0.125. The molecule has 0 spiro atoms. The van der Waals surface area contributed by atoms with Gasteiger partial charge in [-0.05, 0) is 35.2 Å². The van der Waals surface area contributed by atoms with Crippen LogP contribution in [0, 0.1) is 11.6 Å². The molecule has 1 atom stereocenters. The van der Waals surface area contributed by atoms with Gasteiger partial charge in [0, 0.05) is 29.8 Å². The van der Waals surface area contributed by atoms with Crippen LogP contribution in [0.5, 0.6) is 5.75 Å². The smallest absolute Gasteiger partial charge is 0.320 e. The summed E-state index contributed by atoms with van der Waals surface area (Å²) in [5.41, 5.74) is -0.503. The van der Waals surface area contributed by atoms with Gasteiger partial charge in [-0.1, -0.05) is 0 Å². The van der Waals surface area contributed by atoms with Gasteiger partial charge in [-0.3, -0.25) is 9.59 Å². The van der Waals surface area contributed by atoms with E-state index in [0.717, 1.165) is 28.0 Å². The Morgan fingerprint density at radius 3 is 2.65 bits per heavy atom. The number of rotatable bonds is 6. The fourth-order valence-corrected chi connectivity index (χ4v) is 3.80. The number of pyridine rings is 1. The molecule has 0 unspecified atom stereocenters. The number of carbonyl (C=O) groups excluding carboxylic acids is 1. The van der Waals surface area contributed by atoms with E-state index >= 15 is 0 Å². The van der Waals surface area contributed by atoms with E-state index in [1.807, 2.05) is 0 Å². The van der Waals surface area contributed by atoms with Crippen LogP contribution in [0.1, 0.15) is 17.3 Å². The number of carboxylic acids is 1. The molecule has 0 aliphatic heterocycles. The van der Waals surface area contributed by atoms with Crippen molar-refractivity contribution in [2.45, 2.75) is 12.5 Å². The van der Waals surface area contributed by atoms with Crippen LogP contribution in [0.2, 0.25) is 0 Å². The molecule has 4 N–H and O–H groups in total. The first kappa shape index (κ1) is 22.0. The van der Waals surface area contributed by atoms with Crippen LogP contribution in [0.4, 0.5) is 19.3 Å². The molecule has 0 bridgehead atoms. The van der Waals surface area contributed by atoms with Crippen molar-refractivity contribution in [1.82, 2.24) is 9.88 Å². The van der Waals surface area contributed by atoms with Gasteiger partial charge in [0.25, 0.3) is 5.56 Å². The Balaban J connectivity index is 1.84. The molecule has 162 valence electrons. The molecule has 8 nitrogen and oxygen atoms in total. The minimum Gasteiger partial charge on any atom is -0.505 e. The Hall–Kier alpha value is -3.73. The number of benzene rings is 1. The number of carbonyl (C=O) groups is 2. The highest BCUT2D eigenvalue weighted by molar-refractivity contribution is 7.10. The summed E-state index contributed by atoms with van der Waals surface area (Å²) in [7, 11) is 1.43. The van der Waals surface area contributed by atoms with Crippen molar-refractivity contribution in [2.24, 2.45) is 7.05 Å². The lowest BCUT2D eigenvalue weighted by atomic mass is 10.1. The topological polar surface area (TPSA) is 121 Å². The number of halogens is 2. The van der Waals surface area contributed by atoms with Gasteiger partial charge in [0.1, 0.15) is 17.4 Å². The first-order valence-electron chi connectivity index (χ1n) is 8.87. The molecule has 0 aliphatic rings. The second kappa shape index (κ2) is 8.96. The number of hydrogen-bond acceptors (Lipinski definition) is 5. The molecule has 3 rings (SSSR count). The summed E-state index contributed by atoms with van der Waals surface area (Å²) in [6.07, 6.45) is 0.827. The standard InChI is InChI=1S/C20H17F2N3O5S/c1-25-5-4-15(26)18(19(25)29)24-20(30)23-14(8-17(27)28)16-6-10(9-31-16)12-3-2-11(21)7-13(12)22/h2-7,9,14,26H,8H2,1H3,(H,27,28)(H2,23,24,30)/t14-/m0/s1. The van der Waals surface area contributed by atoms with E-state index in [0.29, 0.717) is 10.4 Å². The summed E-state index contributed by atoms with van der Waals surface area (Å²) < 4.78 is 28.3. The number of aryl methyl sites for hydroxylation is 1. The first-order valence-corrected chi connectivity index (χ1v) is 9.75. The van der Waals surface area contributed by atoms with Crippen LogP contribution in [0.3, 0.4) is 0 Å².